The summed E-state index contributed by atoms with van der Waals surface area (Å²) in [6, 6.07) is 1.23. The highest BCUT2D eigenvalue weighted by atomic mass is 35.5. The van der Waals surface area contributed by atoms with Crippen molar-refractivity contribution in [2.45, 2.75) is 11.8 Å². The molecule has 0 unspecified atom stereocenters. The van der Waals surface area contributed by atoms with Crippen molar-refractivity contribution in [1.29, 1.82) is 0 Å². The molecule has 1 N–H and O–H groups in total. The SMILES string of the molecule is CCNS(=O)(=O)c1cc(Cl)sc1C(=O)OC. The smallest absolute Gasteiger partial charge is 0.349 e. The zero-order valence-electron chi connectivity index (χ0n) is 8.61. The van der Waals surface area contributed by atoms with E-state index in [9.17, 15) is 13.2 Å². The quantitative estimate of drug-likeness (QED) is 0.850. The highest BCUT2D eigenvalue weighted by Crippen LogP contribution is 2.30. The third-order valence-corrected chi connectivity index (χ3v) is 4.61. The summed E-state index contributed by atoms with van der Waals surface area (Å²) in [6.07, 6.45) is 0. The molecular formula is C8H10ClNO4S2. The van der Waals surface area contributed by atoms with Crippen LogP contribution >= 0.6 is 22.9 Å². The topological polar surface area (TPSA) is 72.5 Å². The Hall–Kier alpha value is -0.630. The predicted octanol–water partition coefficient (Wildman–Crippen LogP) is 1.49. The van der Waals surface area contributed by atoms with E-state index in [4.69, 9.17) is 11.6 Å². The molecular weight excluding hydrogens is 274 g/mol. The Bertz CT molecular complexity index is 494. The number of sulfonamides is 1. The first-order valence-corrected chi connectivity index (χ1v) is 6.97. The molecule has 1 heterocycles. The molecule has 1 aromatic heterocycles. The number of ether oxygens (including phenoxy) is 1. The van der Waals surface area contributed by atoms with Gasteiger partial charge in [0.2, 0.25) is 10.0 Å². The molecule has 0 saturated heterocycles. The Balaban J connectivity index is 3.28. The van der Waals surface area contributed by atoms with Crippen LogP contribution in [0.15, 0.2) is 11.0 Å². The van der Waals surface area contributed by atoms with E-state index in [1.54, 1.807) is 6.92 Å². The fourth-order valence-electron chi connectivity index (χ4n) is 1.05. The number of methoxy groups -OCH3 is 1. The summed E-state index contributed by atoms with van der Waals surface area (Å²) in [6.45, 7) is 1.87. The van der Waals surface area contributed by atoms with Crippen molar-refractivity contribution in [3.8, 4) is 0 Å². The van der Waals surface area contributed by atoms with E-state index in [1.165, 1.54) is 13.2 Å². The van der Waals surface area contributed by atoms with Gasteiger partial charge in [0.05, 0.1) is 11.4 Å². The first-order chi connectivity index (χ1) is 7.42. The lowest BCUT2D eigenvalue weighted by atomic mass is 10.5. The first kappa shape index (κ1) is 13.4. The summed E-state index contributed by atoms with van der Waals surface area (Å²) in [5.74, 6) is -0.714. The number of esters is 1. The van der Waals surface area contributed by atoms with Crippen LogP contribution in [0.1, 0.15) is 16.6 Å². The molecule has 0 spiro atoms. The number of hydrogen-bond acceptors (Lipinski definition) is 5. The van der Waals surface area contributed by atoms with Crippen LogP contribution < -0.4 is 4.72 Å². The van der Waals surface area contributed by atoms with Gasteiger partial charge in [-0.15, -0.1) is 11.3 Å². The van der Waals surface area contributed by atoms with Crippen molar-refractivity contribution in [3.63, 3.8) is 0 Å². The van der Waals surface area contributed by atoms with E-state index >= 15 is 0 Å². The molecule has 0 fully saturated rings. The Morgan fingerprint density at radius 3 is 2.75 bits per heavy atom. The molecule has 1 aromatic rings. The van der Waals surface area contributed by atoms with Crippen molar-refractivity contribution < 1.29 is 17.9 Å². The minimum absolute atomic E-state index is 0.0200. The molecule has 5 nitrogen and oxygen atoms in total. The molecule has 1 rings (SSSR count). The predicted molar refractivity (Wildman–Crippen MR) is 61.5 cm³/mol. The van der Waals surface area contributed by atoms with Crippen LogP contribution in [0.3, 0.4) is 0 Å². The second-order valence-corrected chi connectivity index (χ2v) is 6.16. The van der Waals surface area contributed by atoms with E-state index in [0.717, 1.165) is 11.3 Å². The standard InChI is InChI=1S/C8H10ClNO4S2/c1-3-10-16(12,13)5-4-6(9)15-7(5)8(11)14-2/h4,10H,3H2,1-2H3. The number of hydrogen-bond donors (Lipinski definition) is 1. The Morgan fingerprint density at radius 1 is 1.62 bits per heavy atom. The second kappa shape index (κ2) is 5.13. The maximum atomic E-state index is 11.7. The maximum absolute atomic E-state index is 11.7. The van der Waals surface area contributed by atoms with Gasteiger partial charge in [-0.2, -0.15) is 0 Å². The average molecular weight is 284 g/mol. The summed E-state index contributed by atoms with van der Waals surface area (Å²) in [5, 5.41) is 0. The minimum atomic E-state index is -3.70. The molecule has 16 heavy (non-hydrogen) atoms. The largest absolute Gasteiger partial charge is 0.465 e. The van der Waals surface area contributed by atoms with Gasteiger partial charge in [0, 0.05) is 6.54 Å². The number of rotatable bonds is 4. The highest BCUT2D eigenvalue weighted by molar-refractivity contribution is 7.89. The van der Waals surface area contributed by atoms with Crippen LogP contribution in [0.25, 0.3) is 0 Å². The van der Waals surface area contributed by atoms with E-state index in [1.807, 2.05) is 0 Å². The van der Waals surface area contributed by atoms with E-state index in [-0.39, 0.29) is 20.7 Å². The highest BCUT2D eigenvalue weighted by Gasteiger charge is 2.25. The van der Waals surface area contributed by atoms with Gasteiger partial charge in [-0.3, -0.25) is 0 Å². The lowest BCUT2D eigenvalue weighted by Gasteiger charge is -2.03. The third kappa shape index (κ3) is 2.73. The van der Waals surface area contributed by atoms with Crippen LogP contribution in [0.5, 0.6) is 0 Å². The van der Waals surface area contributed by atoms with Crippen molar-refractivity contribution in [1.82, 2.24) is 4.72 Å². The van der Waals surface area contributed by atoms with Gasteiger partial charge in [-0.1, -0.05) is 18.5 Å². The molecule has 0 atom stereocenters. The molecule has 0 aromatic carbocycles. The van der Waals surface area contributed by atoms with Gasteiger partial charge in [-0.05, 0) is 6.07 Å². The van der Waals surface area contributed by atoms with Gasteiger partial charge in [-0.25, -0.2) is 17.9 Å². The molecule has 0 aliphatic carbocycles. The van der Waals surface area contributed by atoms with Gasteiger partial charge >= 0.3 is 5.97 Å². The zero-order valence-corrected chi connectivity index (χ0v) is 11.0. The molecule has 0 radical (unpaired) electrons. The Kier molecular flexibility index (Phi) is 4.31. The van der Waals surface area contributed by atoms with E-state index < -0.39 is 16.0 Å². The Morgan fingerprint density at radius 2 is 2.25 bits per heavy atom. The summed E-state index contributed by atoms with van der Waals surface area (Å²) < 4.78 is 30.4. The summed E-state index contributed by atoms with van der Waals surface area (Å²) in [5.41, 5.74) is 0. The van der Waals surface area contributed by atoms with Crippen molar-refractivity contribution in [2.24, 2.45) is 0 Å². The molecule has 0 amide bonds. The number of nitrogens with one attached hydrogen (secondary N) is 1. The maximum Gasteiger partial charge on any atom is 0.349 e. The molecule has 0 aliphatic heterocycles. The van der Waals surface area contributed by atoms with Gasteiger partial charge in [0.1, 0.15) is 9.77 Å². The summed E-state index contributed by atoms with van der Waals surface area (Å²) >= 11 is 6.56. The van der Waals surface area contributed by atoms with Crippen LogP contribution in [-0.4, -0.2) is 28.0 Å². The first-order valence-electron chi connectivity index (χ1n) is 4.29. The Labute approximate surface area is 102 Å². The van der Waals surface area contributed by atoms with E-state index in [0.29, 0.717) is 0 Å². The van der Waals surface area contributed by atoms with Crippen LogP contribution in [0.2, 0.25) is 4.34 Å². The normalized spacial score (nSPS) is 11.4. The second-order valence-electron chi connectivity index (χ2n) is 2.74. The minimum Gasteiger partial charge on any atom is -0.465 e. The molecule has 0 saturated carbocycles. The van der Waals surface area contributed by atoms with Crippen LogP contribution in [0.4, 0.5) is 0 Å². The zero-order chi connectivity index (χ0) is 12.3. The van der Waals surface area contributed by atoms with Crippen LogP contribution in [-0.2, 0) is 14.8 Å². The van der Waals surface area contributed by atoms with Gasteiger partial charge < -0.3 is 4.74 Å². The van der Waals surface area contributed by atoms with Crippen molar-refractivity contribution in [2.75, 3.05) is 13.7 Å². The summed E-state index contributed by atoms with van der Waals surface area (Å²) in [4.78, 5) is 11.2. The van der Waals surface area contributed by atoms with Crippen molar-refractivity contribution in [3.05, 3.63) is 15.3 Å². The molecule has 8 heteroatoms. The fourth-order valence-corrected chi connectivity index (χ4v) is 3.82. The monoisotopic (exact) mass is 283 g/mol. The van der Waals surface area contributed by atoms with Crippen LogP contribution in [0, 0.1) is 0 Å². The fraction of sp³-hybridized carbons (Fsp3) is 0.375. The molecule has 0 bridgehead atoms. The van der Waals surface area contributed by atoms with Gasteiger partial charge in [0.25, 0.3) is 0 Å². The number of carbonyl (C=O) groups is 1. The number of carbonyl (C=O) groups excluding carboxylic acids is 1. The molecule has 0 aliphatic rings. The lowest BCUT2D eigenvalue weighted by Crippen LogP contribution is -2.24. The van der Waals surface area contributed by atoms with Crippen molar-refractivity contribution >= 4 is 38.9 Å². The third-order valence-electron chi connectivity index (χ3n) is 1.66. The number of halogens is 1. The van der Waals surface area contributed by atoms with E-state index in [2.05, 4.69) is 9.46 Å². The average Bonchev–Trinajstić information content (AvgIpc) is 2.60. The number of thiophene rings is 1. The van der Waals surface area contributed by atoms with Gasteiger partial charge in [0.15, 0.2) is 0 Å². The summed E-state index contributed by atoms with van der Waals surface area (Å²) in [7, 11) is -2.52. The molecule has 90 valence electrons. The lowest BCUT2D eigenvalue weighted by molar-refractivity contribution is 0.0602.